The van der Waals surface area contributed by atoms with E-state index < -0.39 is 10.0 Å². The van der Waals surface area contributed by atoms with Gasteiger partial charge in [0.2, 0.25) is 0 Å². The third-order valence-corrected chi connectivity index (χ3v) is 3.24. The SMILES string of the molecule is C=CCCNS(=O)(=O)c1cnc(CC)[nH]1. The van der Waals surface area contributed by atoms with Crippen LogP contribution in [0.4, 0.5) is 0 Å². The van der Waals surface area contributed by atoms with Crippen molar-refractivity contribution in [1.29, 1.82) is 0 Å². The fraction of sp³-hybridized carbons (Fsp3) is 0.444. The molecule has 0 aromatic carbocycles. The molecule has 1 rings (SSSR count). The lowest BCUT2D eigenvalue weighted by Crippen LogP contribution is -2.24. The van der Waals surface area contributed by atoms with E-state index in [1.54, 1.807) is 6.08 Å². The van der Waals surface area contributed by atoms with Crippen LogP contribution in [0.2, 0.25) is 0 Å². The molecule has 0 aliphatic rings. The summed E-state index contributed by atoms with van der Waals surface area (Å²) in [5, 5.41) is 0.114. The van der Waals surface area contributed by atoms with Crippen molar-refractivity contribution in [3.8, 4) is 0 Å². The van der Waals surface area contributed by atoms with Crippen LogP contribution in [0.25, 0.3) is 0 Å². The van der Waals surface area contributed by atoms with E-state index in [1.807, 2.05) is 6.92 Å². The number of hydrogen-bond donors (Lipinski definition) is 2. The highest BCUT2D eigenvalue weighted by Gasteiger charge is 2.15. The van der Waals surface area contributed by atoms with E-state index in [2.05, 4.69) is 21.3 Å². The first-order valence-electron chi connectivity index (χ1n) is 4.74. The molecule has 0 radical (unpaired) electrons. The highest BCUT2D eigenvalue weighted by atomic mass is 32.2. The van der Waals surface area contributed by atoms with Crippen LogP contribution in [0.3, 0.4) is 0 Å². The molecule has 0 aliphatic carbocycles. The van der Waals surface area contributed by atoms with Crippen LogP contribution >= 0.6 is 0 Å². The average molecular weight is 229 g/mol. The minimum absolute atomic E-state index is 0.114. The third kappa shape index (κ3) is 3.17. The molecule has 6 heteroatoms. The lowest BCUT2D eigenvalue weighted by atomic mass is 10.4. The number of hydrogen-bond acceptors (Lipinski definition) is 3. The van der Waals surface area contributed by atoms with Crippen LogP contribution in [0.5, 0.6) is 0 Å². The number of rotatable bonds is 6. The molecular weight excluding hydrogens is 214 g/mol. The Morgan fingerprint density at radius 3 is 2.93 bits per heavy atom. The Balaban J connectivity index is 2.72. The molecule has 0 fully saturated rings. The van der Waals surface area contributed by atoms with E-state index in [-0.39, 0.29) is 5.03 Å². The van der Waals surface area contributed by atoms with Gasteiger partial charge in [0.05, 0.1) is 6.20 Å². The summed E-state index contributed by atoms with van der Waals surface area (Å²) in [7, 11) is -3.44. The summed E-state index contributed by atoms with van der Waals surface area (Å²) in [6, 6.07) is 0. The van der Waals surface area contributed by atoms with E-state index in [0.29, 0.717) is 25.2 Å². The Bertz CT molecular complexity index is 422. The van der Waals surface area contributed by atoms with Gasteiger partial charge in [0.1, 0.15) is 5.82 Å². The molecule has 2 N–H and O–H groups in total. The number of aromatic nitrogens is 2. The zero-order chi connectivity index (χ0) is 11.3. The minimum Gasteiger partial charge on any atom is -0.332 e. The highest BCUT2D eigenvalue weighted by molar-refractivity contribution is 7.89. The van der Waals surface area contributed by atoms with Gasteiger partial charge in [-0.25, -0.2) is 18.1 Å². The molecule has 0 aliphatic heterocycles. The predicted octanol–water partition coefficient (Wildman–Crippen LogP) is 0.827. The van der Waals surface area contributed by atoms with Crippen LogP contribution in [0, 0.1) is 0 Å². The number of sulfonamides is 1. The van der Waals surface area contributed by atoms with Crippen LogP contribution in [0.1, 0.15) is 19.2 Å². The van der Waals surface area contributed by atoms with Crippen LogP contribution < -0.4 is 4.72 Å². The molecule has 1 aromatic heterocycles. The fourth-order valence-corrected chi connectivity index (χ4v) is 2.02. The summed E-state index contributed by atoms with van der Waals surface area (Å²) in [4.78, 5) is 6.68. The summed E-state index contributed by atoms with van der Waals surface area (Å²) < 4.78 is 25.7. The number of H-pyrrole nitrogens is 1. The Kier molecular flexibility index (Phi) is 4.05. The molecule has 0 atom stereocenters. The monoisotopic (exact) mass is 229 g/mol. The highest BCUT2D eigenvalue weighted by Crippen LogP contribution is 2.05. The van der Waals surface area contributed by atoms with Crippen molar-refractivity contribution in [2.24, 2.45) is 0 Å². The van der Waals surface area contributed by atoms with Gasteiger partial charge in [-0.1, -0.05) is 13.0 Å². The van der Waals surface area contributed by atoms with E-state index in [0.717, 1.165) is 0 Å². The second kappa shape index (κ2) is 5.09. The van der Waals surface area contributed by atoms with E-state index in [4.69, 9.17) is 0 Å². The van der Waals surface area contributed by atoms with Gasteiger partial charge < -0.3 is 4.98 Å². The molecule has 1 heterocycles. The Labute approximate surface area is 89.7 Å². The van der Waals surface area contributed by atoms with Gasteiger partial charge in [-0.2, -0.15) is 0 Å². The maximum atomic E-state index is 11.6. The Hall–Kier alpha value is -1.14. The van der Waals surface area contributed by atoms with Crippen LogP contribution in [-0.2, 0) is 16.4 Å². The quantitative estimate of drug-likeness (QED) is 0.560. The van der Waals surface area contributed by atoms with Gasteiger partial charge in [-0.05, 0) is 6.42 Å². The zero-order valence-corrected chi connectivity index (χ0v) is 9.47. The van der Waals surface area contributed by atoms with Crippen molar-refractivity contribution in [2.45, 2.75) is 24.8 Å². The van der Waals surface area contributed by atoms with Crippen molar-refractivity contribution >= 4 is 10.0 Å². The number of nitrogens with one attached hydrogen (secondary N) is 2. The first-order valence-corrected chi connectivity index (χ1v) is 6.23. The Morgan fingerprint density at radius 1 is 1.67 bits per heavy atom. The smallest absolute Gasteiger partial charge is 0.257 e. The summed E-state index contributed by atoms with van der Waals surface area (Å²) in [5.41, 5.74) is 0. The molecule has 0 bridgehead atoms. The van der Waals surface area contributed by atoms with Crippen molar-refractivity contribution in [3.63, 3.8) is 0 Å². The molecule has 84 valence electrons. The van der Waals surface area contributed by atoms with Crippen LogP contribution in [0.15, 0.2) is 23.9 Å². The molecule has 0 saturated carbocycles. The first-order chi connectivity index (χ1) is 7.10. The predicted molar refractivity (Wildman–Crippen MR) is 58.0 cm³/mol. The number of aromatic amines is 1. The molecule has 0 spiro atoms. The number of imidazole rings is 1. The molecule has 0 saturated heterocycles. The lowest BCUT2D eigenvalue weighted by molar-refractivity contribution is 0.578. The maximum absolute atomic E-state index is 11.6. The fourth-order valence-electron chi connectivity index (χ4n) is 1.03. The lowest BCUT2D eigenvalue weighted by Gasteiger charge is -2.01. The third-order valence-electron chi connectivity index (χ3n) is 1.87. The molecule has 15 heavy (non-hydrogen) atoms. The number of aryl methyl sites for hydroxylation is 1. The van der Waals surface area contributed by atoms with Gasteiger partial charge in [-0.3, -0.25) is 0 Å². The van der Waals surface area contributed by atoms with Gasteiger partial charge in [-0.15, -0.1) is 6.58 Å². The van der Waals surface area contributed by atoms with E-state index >= 15 is 0 Å². The second-order valence-electron chi connectivity index (χ2n) is 3.02. The molecular formula is C9H15N3O2S. The van der Waals surface area contributed by atoms with E-state index in [1.165, 1.54) is 6.20 Å². The normalized spacial score (nSPS) is 11.5. The molecule has 0 amide bonds. The Morgan fingerprint density at radius 2 is 2.40 bits per heavy atom. The summed E-state index contributed by atoms with van der Waals surface area (Å²) in [5.74, 6) is 0.666. The van der Waals surface area contributed by atoms with Gasteiger partial charge >= 0.3 is 0 Å². The van der Waals surface area contributed by atoms with Crippen molar-refractivity contribution in [3.05, 3.63) is 24.7 Å². The summed E-state index contributed by atoms with van der Waals surface area (Å²) in [6.45, 7) is 5.77. The molecule has 5 nitrogen and oxygen atoms in total. The van der Waals surface area contributed by atoms with E-state index in [9.17, 15) is 8.42 Å². The maximum Gasteiger partial charge on any atom is 0.257 e. The standard InChI is InChI=1S/C9H15N3O2S/c1-3-5-6-11-15(13,14)9-7-10-8(4-2)12-9/h3,7,11H,1,4-6H2,2H3,(H,10,12). The van der Waals surface area contributed by atoms with Gasteiger partial charge in [0, 0.05) is 13.0 Å². The summed E-state index contributed by atoms with van der Waals surface area (Å²) >= 11 is 0. The summed E-state index contributed by atoms with van der Waals surface area (Å²) in [6.07, 6.45) is 4.28. The van der Waals surface area contributed by atoms with Crippen molar-refractivity contribution < 1.29 is 8.42 Å². The average Bonchev–Trinajstić information content (AvgIpc) is 2.66. The van der Waals surface area contributed by atoms with Crippen LogP contribution in [-0.4, -0.2) is 24.9 Å². The van der Waals surface area contributed by atoms with Gasteiger partial charge in [0.25, 0.3) is 10.0 Å². The zero-order valence-electron chi connectivity index (χ0n) is 8.66. The topological polar surface area (TPSA) is 74.8 Å². The largest absolute Gasteiger partial charge is 0.332 e. The second-order valence-corrected chi connectivity index (χ2v) is 4.76. The van der Waals surface area contributed by atoms with Crippen molar-refractivity contribution in [1.82, 2.24) is 14.7 Å². The minimum atomic E-state index is -3.44. The number of nitrogens with zero attached hydrogens (tertiary/aromatic N) is 1. The first kappa shape index (κ1) is 11.9. The van der Waals surface area contributed by atoms with Crippen molar-refractivity contribution in [2.75, 3.05) is 6.54 Å². The molecule has 1 aromatic rings. The van der Waals surface area contributed by atoms with Gasteiger partial charge in [0.15, 0.2) is 5.03 Å². The molecule has 0 unspecified atom stereocenters.